The highest BCUT2D eigenvalue weighted by Gasteiger charge is 2.23. The number of nitrogens with zero attached hydrogens (tertiary/aromatic N) is 3. The smallest absolute Gasteiger partial charge is 0.156 e. The van der Waals surface area contributed by atoms with Gasteiger partial charge in [-0.25, -0.2) is 9.98 Å². The van der Waals surface area contributed by atoms with E-state index < -0.39 is 0 Å². The molecule has 0 saturated heterocycles. The minimum Gasteiger partial charge on any atom is -0.320 e. The summed E-state index contributed by atoms with van der Waals surface area (Å²) < 4.78 is 5.07. The molecule has 8 aromatic carbocycles. The van der Waals surface area contributed by atoms with Crippen LogP contribution in [0.1, 0.15) is 5.56 Å². The van der Waals surface area contributed by atoms with E-state index in [1.165, 1.54) is 74.3 Å². The summed E-state index contributed by atoms with van der Waals surface area (Å²) >= 11 is 1.92. The van der Waals surface area contributed by atoms with Gasteiger partial charge >= 0.3 is 0 Å². The van der Waals surface area contributed by atoms with E-state index in [0.717, 1.165) is 16.3 Å². The van der Waals surface area contributed by atoms with E-state index in [1.807, 2.05) is 11.3 Å². The highest BCUT2D eigenvalue weighted by Crippen LogP contribution is 2.49. The molecule has 0 aliphatic carbocycles. The molecule has 0 saturated carbocycles. The maximum atomic E-state index is 5.22. The summed E-state index contributed by atoms with van der Waals surface area (Å²) in [5, 5.41) is 15.1. The van der Waals surface area contributed by atoms with Crippen molar-refractivity contribution in [2.75, 3.05) is 0 Å². The predicted molar refractivity (Wildman–Crippen MR) is 205 cm³/mol. The fraction of sp³-hybridized carbons (Fsp3) is 0.0233. The van der Waals surface area contributed by atoms with Crippen molar-refractivity contribution in [3.63, 3.8) is 0 Å². The van der Waals surface area contributed by atoms with Crippen molar-refractivity contribution in [2.45, 2.75) is 6.67 Å². The summed E-state index contributed by atoms with van der Waals surface area (Å²) in [6.07, 6.45) is 0. The van der Waals surface area contributed by atoms with Crippen LogP contribution in [0.5, 0.6) is 0 Å². The van der Waals surface area contributed by atoms with Gasteiger partial charge in [0.05, 0.1) is 11.0 Å². The van der Waals surface area contributed by atoms with Gasteiger partial charge in [0.15, 0.2) is 5.84 Å². The summed E-state index contributed by atoms with van der Waals surface area (Å²) in [5.74, 6) is 0.649. The van der Waals surface area contributed by atoms with Crippen molar-refractivity contribution in [3.05, 3.63) is 145 Å². The first-order valence-corrected chi connectivity index (χ1v) is 16.7. The zero-order valence-corrected chi connectivity index (χ0v) is 26.3. The van der Waals surface area contributed by atoms with E-state index in [-0.39, 0.29) is 0 Å². The highest BCUT2D eigenvalue weighted by atomic mass is 32.1. The summed E-state index contributed by atoms with van der Waals surface area (Å²) in [6.45, 7) is 4.38. The second kappa shape index (κ2) is 10.1. The lowest BCUT2D eigenvalue weighted by molar-refractivity contribution is 0.794. The van der Waals surface area contributed by atoms with Crippen LogP contribution in [0, 0.1) is 0 Å². The lowest BCUT2D eigenvalue weighted by atomic mass is 9.96. The molecule has 0 bridgehead atoms. The van der Waals surface area contributed by atoms with Crippen molar-refractivity contribution < 1.29 is 0 Å². The third kappa shape index (κ3) is 3.73. The Morgan fingerprint density at radius 1 is 0.511 bits per heavy atom. The molecule has 0 unspecified atom stereocenters. The van der Waals surface area contributed by atoms with Gasteiger partial charge in [0.1, 0.15) is 6.67 Å². The van der Waals surface area contributed by atoms with Crippen LogP contribution in [0.3, 0.4) is 0 Å². The topological polar surface area (TPSA) is 29.6 Å². The fourth-order valence-corrected chi connectivity index (χ4v) is 9.10. The molecular weight excluding hydrogens is 591 g/mol. The predicted octanol–water partition coefficient (Wildman–Crippen LogP) is 11.9. The number of aromatic nitrogens is 1. The molecule has 0 spiro atoms. The quantitative estimate of drug-likeness (QED) is 0.139. The summed E-state index contributed by atoms with van der Waals surface area (Å²) in [7, 11) is 0. The lowest BCUT2D eigenvalue weighted by Gasteiger charge is -2.10. The Morgan fingerprint density at radius 3 is 1.91 bits per heavy atom. The Balaban J connectivity index is 1.37. The van der Waals surface area contributed by atoms with E-state index in [2.05, 4.69) is 156 Å². The summed E-state index contributed by atoms with van der Waals surface area (Å²) in [6, 6.07) is 50.2. The number of amidine groups is 1. The first-order valence-electron chi connectivity index (χ1n) is 15.9. The monoisotopic (exact) mass is 617 g/mol. The van der Waals surface area contributed by atoms with E-state index in [0.29, 0.717) is 12.5 Å². The maximum Gasteiger partial charge on any atom is 0.156 e. The van der Waals surface area contributed by atoms with Crippen LogP contribution in [0.4, 0.5) is 0 Å². The number of benzene rings is 8. The molecule has 10 aromatic rings. The Kier molecular flexibility index (Phi) is 5.66. The van der Waals surface area contributed by atoms with Gasteiger partial charge in [0, 0.05) is 47.3 Å². The molecule has 0 N–H and O–H groups in total. The molecule has 4 heteroatoms. The normalized spacial score (nSPS) is 12.6. The second-order valence-corrected chi connectivity index (χ2v) is 13.2. The maximum absolute atomic E-state index is 5.22. The Morgan fingerprint density at radius 2 is 1.13 bits per heavy atom. The van der Waals surface area contributed by atoms with Gasteiger partial charge in [-0.05, 0) is 45.1 Å². The third-order valence-electron chi connectivity index (χ3n) is 9.75. The zero-order valence-electron chi connectivity index (χ0n) is 25.4. The molecule has 0 atom stereocenters. The van der Waals surface area contributed by atoms with Gasteiger partial charge in [0.25, 0.3) is 0 Å². The van der Waals surface area contributed by atoms with Crippen molar-refractivity contribution >= 4 is 109 Å². The lowest BCUT2D eigenvalue weighted by Crippen LogP contribution is -2.03. The van der Waals surface area contributed by atoms with E-state index in [1.54, 1.807) is 0 Å². The molecule has 47 heavy (non-hydrogen) atoms. The van der Waals surface area contributed by atoms with Crippen molar-refractivity contribution in [3.8, 4) is 0 Å². The van der Waals surface area contributed by atoms with Crippen LogP contribution >= 0.6 is 11.3 Å². The van der Waals surface area contributed by atoms with Gasteiger partial charge in [0.2, 0.25) is 0 Å². The molecular formula is C43H27N3S. The van der Waals surface area contributed by atoms with Gasteiger partial charge < -0.3 is 4.57 Å². The fourth-order valence-electron chi connectivity index (χ4n) is 7.72. The Hall–Kier alpha value is -5.84. The number of aliphatic imine (C=N–C) groups is 2. The van der Waals surface area contributed by atoms with Gasteiger partial charge in [-0.15, -0.1) is 11.3 Å². The SMILES string of the molecule is C=N/C(=N\Cn1c2ccc3ccccc3c2c2c3c4ccc5ccccc5c4sc3c3ccccc3c21)c1cccc2ccccc12. The number of thiophene rings is 1. The number of fused-ring (bicyclic) bond motifs is 15. The average Bonchev–Trinajstić information content (AvgIpc) is 3.69. The molecule has 0 aliphatic heterocycles. The van der Waals surface area contributed by atoms with Crippen LogP contribution in [-0.4, -0.2) is 17.1 Å². The molecule has 220 valence electrons. The third-order valence-corrected chi connectivity index (χ3v) is 11.0. The van der Waals surface area contributed by atoms with Crippen molar-refractivity contribution in [1.29, 1.82) is 0 Å². The average molecular weight is 618 g/mol. The molecule has 2 heterocycles. The Bertz CT molecular complexity index is 2950. The molecule has 3 nitrogen and oxygen atoms in total. The number of rotatable bonds is 3. The summed E-state index contributed by atoms with van der Waals surface area (Å²) in [4.78, 5) is 9.70. The second-order valence-electron chi connectivity index (χ2n) is 12.2. The minimum atomic E-state index is 0.413. The van der Waals surface area contributed by atoms with Crippen molar-refractivity contribution in [2.24, 2.45) is 9.98 Å². The number of hydrogen-bond acceptors (Lipinski definition) is 2. The Labute approximate surface area is 274 Å². The van der Waals surface area contributed by atoms with Crippen LogP contribution in [0.15, 0.2) is 150 Å². The van der Waals surface area contributed by atoms with E-state index in [4.69, 9.17) is 4.99 Å². The van der Waals surface area contributed by atoms with Gasteiger partial charge in [-0.1, -0.05) is 133 Å². The van der Waals surface area contributed by atoms with Crippen LogP contribution in [0.2, 0.25) is 0 Å². The summed E-state index contributed by atoms with van der Waals surface area (Å²) in [5.41, 5.74) is 3.37. The zero-order chi connectivity index (χ0) is 31.1. The molecule has 0 radical (unpaired) electrons. The first kappa shape index (κ1) is 26.4. The molecule has 0 aliphatic rings. The van der Waals surface area contributed by atoms with Crippen LogP contribution in [0.25, 0.3) is 85.1 Å². The minimum absolute atomic E-state index is 0.413. The van der Waals surface area contributed by atoms with Crippen LogP contribution in [-0.2, 0) is 6.67 Å². The molecule has 2 aromatic heterocycles. The van der Waals surface area contributed by atoms with Crippen molar-refractivity contribution in [1.82, 2.24) is 4.57 Å². The van der Waals surface area contributed by atoms with E-state index >= 15 is 0 Å². The standard InChI is InChI=1S/C43H27N3S/c1-44-43(34-20-10-14-26-11-2-5-15-29(26)34)45-25-46-36-24-22-27-12-3-6-16-30(27)37(36)39-38-35-23-21-28-13-4-7-17-31(28)41(35)47-42(38)33-19-9-8-18-32(33)40(39)46/h2-24H,1,25H2/b45-43-. The van der Waals surface area contributed by atoms with Crippen LogP contribution < -0.4 is 0 Å². The first-order chi connectivity index (χ1) is 23.3. The largest absolute Gasteiger partial charge is 0.320 e. The number of hydrogen-bond donors (Lipinski definition) is 0. The highest BCUT2D eigenvalue weighted by molar-refractivity contribution is 7.27. The van der Waals surface area contributed by atoms with Gasteiger partial charge in [-0.2, -0.15) is 0 Å². The van der Waals surface area contributed by atoms with Gasteiger partial charge in [-0.3, -0.25) is 0 Å². The molecule has 0 amide bonds. The molecule has 0 fully saturated rings. The van der Waals surface area contributed by atoms with E-state index in [9.17, 15) is 0 Å². The molecule has 10 rings (SSSR count).